The fourth-order valence-electron chi connectivity index (χ4n) is 3.21. The molecule has 3 rings (SSSR count). The Bertz CT molecular complexity index is 774. The summed E-state index contributed by atoms with van der Waals surface area (Å²) in [6, 6.07) is 9.10. The minimum absolute atomic E-state index is 0.00637. The van der Waals surface area contributed by atoms with Gasteiger partial charge in [-0.05, 0) is 57.9 Å². The molecule has 1 aliphatic heterocycles. The zero-order valence-corrected chi connectivity index (χ0v) is 16.7. The number of hydrogen-bond acceptors (Lipinski definition) is 6. The second-order valence-corrected chi connectivity index (χ2v) is 6.81. The van der Waals surface area contributed by atoms with Gasteiger partial charge < -0.3 is 19.1 Å². The maximum atomic E-state index is 12.5. The van der Waals surface area contributed by atoms with Gasteiger partial charge in [-0.1, -0.05) is 0 Å². The fourth-order valence-corrected chi connectivity index (χ4v) is 3.21. The second kappa shape index (κ2) is 9.39. The van der Waals surface area contributed by atoms with Crippen LogP contribution in [0.1, 0.15) is 31.3 Å². The van der Waals surface area contributed by atoms with Crippen molar-refractivity contribution in [2.24, 2.45) is 0 Å². The van der Waals surface area contributed by atoms with E-state index in [-0.39, 0.29) is 18.6 Å². The number of amides is 1. The van der Waals surface area contributed by atoms with Crippen molar-refractivity contribution in [2.45, 2.75) is 39.7 Å². The van der Waals surface area contributed by atoms with Crippen LogP contribution in [0.25, 0.3) is 0 Å². The van der Waals surface area contributed by atoms with E-state index in [1.54, 1.807) is 17.0 Å². The van der Waals surface area contributed by atoms with Crippen LogP contribution in [0.2, 0.25) is 0 Å². The molecular weight excluding hydrogens is 358 g/mol. The highest BCUT2D eigenvalue weighted by Crippen LogP contribution is 2.19. The van der Waals surface area contributed by atoms with Crippen molar-refractivity contribution in [1.82, 2.24) is 14.9 Å². The Kier molecular flexibility index (Phi) is 6.68. The second-order valence-electron chi connectivity index (χ2n) is 6.81. The third kappa shape index (κ3) is 5.58. The Balaban J connectivity index is 1.51. The summed E-state index contributed by atoms with van der Waals surface area (Å²) in [6.07, 6.45) is 1.71. The lowest BCUT2D eigenvalue weighted by Gasteiger charge is -2.32. The Hall–Kier alpha value is -2.83. The lowest BCUT2D eigenvalue weighted by Crippen LogP contribution is -2.46. The van der Waals surface area contributed by atoms with Crippen LogP contribution in [0, 0.1) is 13.8 Å². The largest absolute Gasteiger partial charge is 0.494 e. The van der Waals surface area contributed by atoms with Crippen molar-refractivity contribution < 1.29 is 19.0 Å². The van der Waals surface area contributed by atoms with Crippen molar-refractivity contribution in [1.29, 1.82) is 0 Å². The minimum atomic E-state index is -0.0723. The minimum Gasteiger partial charge on any atom is -0.494 e. The molecule has 2 heterocycles. The molecule has 0 N–H and O–H groups in total. The summed E-state index contributed by atoms with van der Waals surface area (Å²) in [5, 5.41) is 0. The van der Waals surface area contributed by atoms with E-state index in [1.165, 1.54) is 0 Å². The molecule has 1 fully saturated rings. The van der Waals surface area contributed by atoms with E-state index in [2.05, 4.69) is 9.97 Å². The molecule has 1 saturated heterocycles. The smallest absolute Gasteiger partial charge is 0.260 e. The van der Waals surface area contributed by atoms with E-state index in [0.717, 1.165) is 24.3 Å². The molecule has 7 nitrogen and oxygen atoms in total. The summed E-state index contributed by atoms with van der Waals surface area (Å²) in [7, 11) is 0. The lowest BCUT2D eigenvalue weighted by molar-refractivity contribution is -0.136. The van der Waals surface area contributed by atoms with Crippen LogP contribution in [-0.2, 0) is 4.79 Å². The molecule has 1 amide bonds. The van der Waals surface area contributed by atoms with Gasteiger partial charge in [0.2, 0.25) is 5.88 Å². The first-order chi connectivity index (χ1) is 13.5. The van der Waals surface area contributed by atoms with Crippen molar-refractivity contribution in [3.05, 3.63) is 41.9 Å². The fraction of sp³-hybridized carbons (Fsp3) is 0.476. The zero-order chi connectivity index (χ0) is 19.9. The van der Waals surface area contributed by atoms with Gasteiger partial charge in [0.1, 0.15) is 23.4 Å². The molecule has 0 saturated carbocycles. The highest BCUT2D eigenvalue weighted by molar-refractivity contribution is 5.77. The number of aryl methyl sites for hydroxylation is 2. The number of piperidine rings is 1. The number of hydrogen-bond donors (Lipinski definition) is 0. The quantitative estimate of drug-likeness (QED) is 0.730. The molecule has 28 heavy (non-hydrogen) atoms. The first-order valence-electron chi connectivity index (χ1n) is 9.66. The molecule has 1 aromatic heterocycles. The van der Waals surface area contributed by atoms with Crippen LogP contribution in [0.15, 0.2) is 30.3 Å². The molecular formula is C21H27N3O4. The first-order valence-corrected chi connectivity index (χ1v) is 9.66. The normalized spacial score (nSPS) is 16.5. The van der Waals surface area contributed by atoms with Gasteiger partial charge in [-0.25, -0.2) is 4.98 Å². The van der Waals surface area contributed by atoms with E-state index in [1.807, 2.05) is 39.0 Å². The van der Waals surface area contributed by atoms with Crippen molar-refractivity contribution in [3.63, 3.8) is 0 Å². The van der Waals surface area contributed by atoms with E-state index >= 15 is 0 Å². The summed E-state index contributed by atoms with van der Waals surface area (Å²) in [4.78, 5) is 22.9. The molecule has 0 aliphatic carbocycles. The highest BCUT2D eigenvalue weighted by Gasteiger charge is 2.25. The summed E-state index contributed by atoms with van der Waals surface area (Å²) >= 11 is 0. The Morgan fingerprint density at radius 2 is 1.86 bits per heavy atom. The van der Waals surface area contributed by atoms with Crippen LogP contribution < -0.4 is 14.2 Å². The molecule has 1 aromatic carbocycles. The average molecular weight is 385 g/mol. The number of aromatic nitrogens is 2. The lowest BCUT2D eigenvalue weighted by atomic mass is 10.1. The Morgan fingerprint density at radius 3 is 2.54 bits per heavy atom. The third-order valence-electron chi connectivity index (χ3n) is 4.46. The number of nitrogens with zero attached hydrogens (tertiary/aromatic N) is 3. The van der Waals surface area contributed by atoms with E-state index in [0.29, 0.717) is 37.2 Å². The van der Waals surface area contributed by atoms with Crippen LogP contribution >= 0.6 is 0 Å². The topological polar surface area (TPSA) is 73.8 Å². The van der Waals surface area contributed by atoms with Gasteiger partial charge in [0.25, 0.3) is 5.91 Å². The summed E-state index contributed by atoms with van der Waals surface area (Å²) in [5.41, 5.74) is 0.870. The number of carbonyl (C=O) groups is 1. The van der Waals surface area contributed by atoms with Gasteiger partial charge in [0.05, 0.1) is 13.2 Å². The van der Waals surface area contributed by atoms with Crippen LogP contribution in [-0.4, -0.2) is 53.2 Å². The number of likely N-dealkylation sites (tertiary alicyclic amines) is 1. The molecule has 0 spiro atoms. The van der Waals surface area contributed by atoms with Crippen molar-refractivity contribution >= 4 is 5.91 Å². The van der Waals surface area contributed by atoms with Gasteiger partial charge in [0.15, 0.2) is 6.61 Å². The van der Waals surface area contributed by atoms with Crippen LogP contribution in [0.4, 0.5) is 0 Å². The molecule has 150 valence electrons. The highest BCUT2D eigenvalue weighted by atomic mass is 16.5. The Morgan fingerprint density at radius 1 is 1.14 bits per heavy atom. The van der Waals surface area contributed by atoms with Crippen LogP contribution in [0.3, 0.4) is 0 Å². The number of ether oxygens (including phenoxy) is 3. The molecule has 1 unspecified atom stereocenters. The Labute approximate surface area is 165 Å². The predicted molar refractivity (Wildman–Crippen MR) is 105 cm³/mol. The van der Waals surface area contributed by atoms with Gasteiger partial charge >= 0.3 is 0 Å². The molecule has 0 bridgehead atoms. The standard InChI is InChI=1S/C21H27N3O4/c1-4-26-17-7-9-18(10-8-17)27-14-21(25)24-11-5-6-19(13-24)28-20-12-15(2)22-16(3)23-20/h7-10,12,19H,4-6,11,13-14H2,1-3H3. The SMILES string of the molecule is CCOc1ccc(OCC(=O)N2CCCC(Oc3cc(C)nc(C)n3)C2)cc1. The van der Waals surface area contributed by atoms with E-state index in [4.69, 9.17) is 14.2 Å². The summed E-state index contributed by atoms with van der Waals surface area (Å²) in [6.45, 7) is 7.56. The van der Waals surface area contributed by atoms with E-state index in [9.17, 15) is 4.79 Å². The summed E-state index contributed by atoms with van der Waals surface area (Å²) < 4.78 is 17.0. The average Bonchev–Trinajstić information content (AvgIpc) is 2.67. The first kappa shape index (κ1) is 19.9. The molecule has 1 aliphatic rings. The molecule has 2 aromatic rings. The number of rotatable bonds is 7. The van der Waals surface area contributed by atoms with Crippen molar-refractivity contribution in [3.8, 4) is 17.4 Å². The summed E-state index contributed by atoms with van der Waals surface area (Å²) in [5.74, 6) is 2.63. The van der Waals surface area contributed by atoms with Crippen molar-refractivity contribution in [2.75, 3.05) is 26.3 Å². The van der Waals surface area contributed by atoms with E-state index < -0.39 is 0 Å². The van der Waals surface area contributed by atoms with Gasteiger partial charge in [0, 0.05) is 18.3 Å². The third-order valence-corrected chi connectivity index (χ3v) is 4.46. The monoisotopic (exact) mass is 385 g/mol. The number of benzene rings is 1. The zero-order valence-electron chi connectivity index (χ0n) is 16.7. The number of carbonyl (C=O) groups excluding carboxylic acids is 1. The maximum Gasteiger partial charge on any atom is 0.260 e. The molecule has 7 heteroatoms. The van der Waals surface area contributed by atoms with Gasteiger partial charge in [-0.3, -0.25) is 4.79 Å². The van der Waals surface area contributed by atoms with Crippen LogP contribution in [0.5, 0.6) is 17.4 Å². The predicted octanol–water partition coefficient (Wildman–Crippen LogP) is 2.94. The maximum absolute atomic E-state index is 12.5. The molecule has 0 radical (unpaired) electrons. The van der Waals surface area contributed by atoms with Gasteiger partial charge in [-0.2, -0.15) is 4.98 Å². The van der Waals surface area contributed by atoms with Gasteiger partial charge in [-0.15, -0.1) is 0 Å². The molecule has 1 atom stereocenters.